The largest absolute Gasteiger partial charge is 0.508 e. The maximum Gasteiger partial charge on any atom is 0.328 e. The van der Waals surface area contributed by atoms with Gasteiger partial charge in [-0.3, -0.25) is 0 Å². The minimum Gasteiger partial charge on any atom is -0.508 e. The Morgan fingerprint density at radius 1 is 0.923 bits per heavy atom. The third-order valence-electron chi connectivity index (χ3n) is 3.28. The van der Waals surface area contributed by atoms with Gasteiger partial charge in [-0.05, 0) is 37.1 Å². The molecular formula is C19H26N2O5. The second-order valence-electron chi connectivity index (χ2n) is 5.51. The van der Waals surface area contributed by atoms with Gasteiger partial charge in [0, 0.05) is 30.8 Å². The summed E-state index contributed by atoms with van der Waals surface area (Å²) in [5.41, 5.74) is 1.06. The molecule has 1 aromatic carbocycles. The van der Waals surface area contributed by atoms with E-state index >= 15 is 0 Å². The molecule has 0 bridgehead atoms. The quantitative estimate of drug-likeness (QED) is 0.268. The lowest BCUT2D eigenvalue weighted by molar-refractivity contribution is -0.134. The number of benzene rings is 1. The Morgan fingerprint density at radius 2 is 1.42 bits per heavy atom. The van der Waals surface area contributed by atoms with Crippen LogP contribution < -0.4 is 5.32 Å². The van der Waals surface area contributed by atoms with E-state index in [1.54, 1.807) is 12.1 Å². The average molecular weight is 362 g/mol. The number of anilines is 1. The van der Waals surface area contributed by atoms with Crippen LogP contribution in [0.5, 0.6) is 5.75 Å². The van der Waals surface area contributed by atoms with Crippen molar-refractivity contribution >= 4 is 17.6 Å². The number of carboxylic acids is 2. The summed E-state index contributed by atoms with van der Waals surface area (Å²) in [5.74, 6) is -2.21. The molecule has 1 aromatic rings. The molecule has 0 atom stereocenters. The van der Waals surface area contributed by atoms with Crippen LogP contribution in [0.2, 0.25) is 0 Å². The number of nitrogens with zero attached hydrogens (tertiary/aromatic N) is 1. The van der Waals surface area contributed by atoms with Crippen molar-refractivity contribution < 1.29 is 24.9 Å². The number of hydrogen-bond acceptors (Lipinski definition) is 5. The maximum atomic E-state index is 9.55. The SMILES string of the molecule is N#CCCCCCCCCNc1ccc(O)cc1.O=C(O)C=CC(=O)O. The molecule has 0 spiro atoms. The second kappa shape index (κ2) is 15.5. The fraction of sp³-hybridized carbons (Fsp3) is 0.421. The molecule has 4 N–H and O–H groups in total. The van der Waals surface area contributed by atoms with E-state index in [0.717, 1.165) is 18.7 Å². The number of unbranched alkanes of at least 4 members (excludes halogenated alkanes) is 6. The molecule has 1 rings (SSSR count). The van der Waals surface area contributed by atoms with Gasteiger partial charge in [0.2, 0.25) is 0 Å². The Morgan fingerprint density at radius 3 is 1.92 bits per heavy atom. The van der Waals surface area contributed by atoms with E-state index in [1.807, 2.05) is 12.1 Å². The highest BCUT2D eigenvalue weighted by Crippen LogP contribution is 2.14. The van der Waals surface area contributed by atoms with Crippen LogP contribution in [0, 0.1) is 11.3 Å². The average Bonchev–Trinajstić information content (AvgIpc) is 2.61. The van der Waals surface area contributed by atoms with Crippen molar-refractivity contribution in [2.24, 2.45) is 0 Å². The van der Waals surface area contributed by atoms with Crippen molar-refractivity contribution in [2.75, 3.05) is 11.9 Å². The summed E-state index contributed by atoms with van der Waals surface area (Å²) in [6.07, 6.45) is 8.93. The summed E-state index contributed by atoms with van der Waals surface area (Å²) < 4.78 is 0. The summed E-state index contributed by atoms with van der Waals surface area (Å²) in [4.78, 5) is 19.1. The van der Waals surface area contributed by atoms with Gasteiger partial charge >= 0.3 is 11.9 Å². The fourth-order valence-corrected chi connectivity index (χ4v) is 1.99. The standard InChI is InChI=1S/C15H22N2O.C4H4O4/c16-12-6-4-2-1-3-5-7-13-17-14-8-10-15(18)11-9-14;5-3(6)1-2-4(7)8/h8-11,17-18H,1-7,13H2;1-2H,(H,5,6)(H,7,8). The molecular weight excluding hydrogens is 336 g/mol. The van der Waals surface area contributed by atoms with Crippen molar-refractivity contribution in [3.8, 4) is 11.8 Å². The molecule has 0 aromatic heterocycles. The monoisotopic (exact) mass is 362 g/mol. The Balaban J connectivity index is 0.000000660. The smallest absolute Gasteiger partial charge is 0.328 e. The predicted molar refractivity (Wildman–Crippen MR) is 98.9 cm³/mol. The van der Waals surface area contributed by atoms with Crippen LogP contribution in [0.15, 0.2) is 36.4 Å². The van der Waals surface area contributed by atoms with Crippen LogP contribution in [0.1, 0.15) is 44.9 Å². The van der Waals surface area contributed by atoms with Gasteiger partial charge < -0.3 is 20.6 Å². The summed E-state index contributed by atoms with van der Waals surface area (Å²) in [6.45, 7) is 0.975. The number of aromatic hydroxyl groups is 1. The molecule has 0 saturated heterocycles. The molecule has 0 aliphatic rings. The molecule has 7 nitrogen and oxygen atoms in total. The number of rotatable bonds is 11. The Hall–Kier alpha value is -3.01. The first kappa shape index (κ1) is 23.0. The van der Waals surface area contributed by atoms with Crippen LogP contribution in [0.3, 0.4) is 0 Å². The van der Waals surface area contributed by atoms with Crippen molar-refractivity contribution in [3.05, 3.63) is 36.4 Å². The Kier molecular flexibility index (Phi) is 13.7. The van der Waals surface area contributed by atoms with Gasteiger partial charge in [0.25, 0.3) is 0 Å². The number of nitriles is 1. The first-order chi connectivity index (χ1) is 12.5. The van der Waals surface area contributed by atoms with Crippen molar-refractivity contribution in [2.45, 2.75) is 44.9 Å². The van der Waals surface area contributed by atoms with E-state index in [9.17, 15) is 9.59 Å². The molecule has 0 amide bonds. The number of phenols is 1. The highest BCUT2D eigenvalue weighted by molar-refractivity contribution is 5.89. The first-order valence-electron chi connectivity index (χ1n) is 8.49. The van der Waals surface area contributed by atoms with Crippen LogP contribution >= 0.6 is 0 Å². The molecule has 0 fully saturated rings. The number of carbonyl (C=O) groups is 2. The summed E-state index contributed by atoms with van der Waals surface area (Å²) >= 11 is 0. The van der Waals surface area contributed by atoms with Crippen LogP contribution in [-0.2, 0) is 9.59 Å². The zero-order valence-electron chi connectivity index (χ0n) is 14.7. The molecule has 26 heavy (non-hydrogen) atoms. The topological polar surface area (TPSA) is 131 Å². The highest BCUT2D eigenvalue weighted by atomic mass is 16.4. The van der Waals surface area contributed by atoms with Gasteiger partial charge in [-0.2, -0.15) is 5.26 Å². The Bertz CT molecular complexity index is 575. The minimum atomic E-state index is -1.26. The van der Waals surface area contributed by atoms with Crippen LogP contribution in [-0.4, -0.2) is 33.8 Å². The lowest BCUT2D eigenvalue weighted by Crippen LogP contribution is -2.00. The molecule has 142 valence electrons. The van der Waals surface area contributed by atoms with Crippen molar-refractivity contribution in [3.63, 3.8) is 0 Å². The van der Waals surface area contributed by atoms with Gasteiger partial charge in [-0.15, -0.1) is 0 Å². The zero-order chi connectivity index (χ0) is 19.6. The molecule has 0 heterocycles. The lowest BCUT2D eigenvalue weighted by Gasteiger charge is -2.06. The van der Waals surface area contributed by atoms with Crippen molar-refractivity contribution in [1.82, 2.24) is 0 Å². The number of aliphatic carboxylic acids is 2. The van der Waals surface area contributed by atoms with Crippen molar-refractivity contribution in [1.29, 1.82) is 5.26 Å². The third-order valence-corrected chi connectivity index (χ3v) is 3.28. The molecule has 0 saturated carbocycles. The summed E-state index contributed by atoms with van der Waals surface area (Å²) in [6, 6.07) is 9.33. The first-order valence-corrected chi connectivity index (χ1v) is 8.49. The van der Waals surface area contributed by atoms with E-state index in [0.29, 0.717) is 24.3 Å². The number of hydrogen-bond donors (Lipinski definition) is 4. The third kappa shape index (κ3) is 15.9. The number of nitrogens with one attached hydrogen (secondary N) is 1. The molecule has 0 unspecified atom stereocenters. The molecule has 0 radical (unpaired) electrons. The predicted octanol–water partition coefficient (Wildman–Crippen LogP) is 3.77. The zero-order valence-corrected chi connectivity index (χ0v) is 14.7. The normalized spacial score (nSPS) is 9.81. The molecule has 0 aliphatic heterocycles. The van der Waals surface area contributed by atoms with Gasteiger partial charge in [0.15, 0.2) is 0 Å². The lowest BCUT2D eigenvalue weighted by atomic mass is 10.1. The second-order valence-corrected chi connectivity index (χ2v) is 5.51. The van der Waals surface area contributed by atoms with Gasteiger partial charge in [0.05, 0.1) is 6.07 Å². The number of phenolic OH excluding ortho intramolecular Hbond substituents is 1. The number of carboxylic acid groups (broad SMARTS) is 2. The highest BCUT2D eigenvalue weighted by Gasteiger charge is 1.94. The fourth-order valence-electron chi connectivity index (χ4n) is 1.99. The Labute approximate surface area is 153 Å². The minimum absolute atomic E-state index is 0.304. The van der Waals surface area contributed by atoms with Gasteiger partial charge in [-0.1, -0.05) is 25.7 Å². The molecule has 0 aliphatic carbocycles. The van der Waals surface area contributed by atoms with E-state index in [-0.39, 0.29) is 0 Å². The van der Waals surface area contributed by atoms with E-state index in [4.69, 9.17) is 20.6 Å². The summed E-state index contributed by atoms with van der Waals surface area (Å²) in [7, 11) is 0. The van der Waals surface area contributed by atoms with E-state index in [1.165, 1.54) is 32.1 Å². The van der Waals surface area contributed by atoms with Gasteiger partial charge in [0.1, 0.15) is 5.75 Å². The van der Waals surface area contributed by atoms with E-state index in [2.05, 4.69) is 11.4 Å². The van der Waals surface area contributed by atoms with Gasteiger partial charge in [-0.25, -0.2) is 9.59 Å². The maximum absolute atomic E-state index is 9.55. The summed E-state index contributed by atoms with van der Waals surface area (Å²) in [5, 5.41) is 36.5. The molecule has 7 heteroatoms. The van der Waals surface area contributed by atoms with E-state index < -0.39 is 11.9 Å². The van der Waals surface area contributed by atoms with Crippen LogP contribution in [0.4, 0.5) is 5.69 Å². The van der Waals surface area contributed by atoms with Crippen LogP contribution in [0.25, 0.3) is 0 Å².